The van der Waals surface area contributed by atoms with E-state index in [4.69, 9.17) is 5.73 Å². The summed E-state index contributed by atoms with van der Waals surface area (Å²) in [6.07, 6.45) is 5.03. The maximum Gasteiger partial charge on any atom is 0.305 e. The van der Waals surface area contributed by atoms with Crippen LogP contribution in [-0.2, 0) is 16.0 Å². The summed E-state index contributed by atoms with van der Waals surface area (Å²) in [4.78, 5) is 23.6. The molecule has 0 aliphatic heterocycles. The number of carbonyl (C=O) groups excluding carboxylic acids is 2. The van der Waals surface area contributed by atoms with Crippen molar-refractivity contribution in [2.75, 3.05) is 13.7 Å². The molecule has 1 aromatic rings. The number of hydrogen-bond donors (Lipinski definition) is 1. The monoisotopic (exact) mass is 339 g/mol. The molecule has 1 saturated carbocycles. The fourth-order valence-corrected chi connectivity index (χ4v) is 3.08. The van der Waals surface area contributed by atoms with Gasteiger partial charge < -0.3 is 10.5 Å². The topological polar surface area (TPSA) is 69.4 Å². The Kier molecular flexibility index (Phi) is 8.28. The minimum atomic E-state index is -0.211. The Morgan fingerprint density at radius 3 is 2.26 bits per heavy atom. The first-order valence-electron chi connectivity index (χ1n) is 8.04. The summed E-state index contributed by atoms with van der Waals surface area (Å²) >= 11 is 0. The van der Waals surface area contributed by atoms with Gasteiger partial charge in [0.1, 0.15) is 0 Å². The maximum absolute atomic E-state index is 12.5. The van der Waals surface area contributed by atoms with Crippen molar-refractivity contribution in [3.05, 3.63) is 35.4 Å². The molecule has 0 unspecified atom stereocenters. The van der Waals surface area contributed by atoms with Gasteiger partial charge >= 0.3 is 5.97 Å². The number of esters is 1. The zero-order chi connectivity index (χ0) is 15.9. The van der Waals surface area contributed by atoms with Gasteiger partial charge in [0.05, 0.1) is 7.11 Å². The number of halogens is 1. The first-order valence-corrected chi connectivity index (χ1v) is 8.04. The number of nitrogens with two attached hydrogens (primary N) is 1. The van der Waals surface area contributed by atoms with Gasteiger partial charge in [-0.2, -0.15) is 0 Å². The average Bonchev–Trinajstić information content (AvgIpc) is 2.59. The van der Waals surface area contributed by atoms with Gasteiger partial charge in [0.25, 0.3) is 0 Å². The minimum absolute atomic E-state index is 0. The van der Waals surface area contributed by atoms with Gasteiger partial charge in [0, 0.05) is 17.9 Å². The molecule has 1 aliphatic rings. The number of ketones is 1. The number of aryl methyl sites for hydroxylation is 1. The quantitative estimate of drug-likeness (QED) is 0.638. The van der Waals surface area contributed by atoms with Crippen LogP contribution in [0, 0.1) is 11.8 Å². The van der Waals surface area contributed by atoms with Gasteiger partial charge in [-0.25, -0.2) is 0 Å². The molecule has 2 rings (SSSR count). The highest BCUT2D eigenvalue weighted by atomic mass is 35.5. The maximum atomic E-state index is 12.5. The zero-order valence-electron chi connectivity index (χ0n) is 13.6. The van der Waals surface area contributed by atoms with E-state index in [2.05, 4.69) is 4.74 Å². The Hall–Kier alpha value is -1.39. The minimum Gasteiger partial charge on any atom is -0.469 e. The van der Waals surface area contributed by atoms with Gasteiger partial charge in [0.2, 0.25) is 0 Å². The van der Waals surface area contributed by atoms with Crippen molar-refractivity contribution in [2.24, 2.45) is 17.6 Å². The largest absolute Gasteiger partial charge is 0.469 e. The molecule has 23 heavy (non-hydrogen) atoms. The molecule has 0 heterocycles. The smallest absolute Gasteiger partial charge is 0.305 e. The predicted octanol–water partition coefficient (Wildman–Crippen LogP) is 3.16. The third kappa shape index (κ3) is 5.63. The third-order valence-corrected chi connectivity index (χ3v) is 4.63. The van der Waals surface area contributed by atoms with E-state index >= 15 is 0 Å². The predicted molar refractivity (Wildman–Crippen MR) is 92.9 cm³/mol. The molecule has 1 aliphatic carbocycles. The SMILES string of the molecule is COC(=O)CCc1ccc(C(=O)[C@H]2CC[C@H](CN)CC2)cc1.Cl. The number of ether oxygens (including phenoxy) is 1. The van der Waals surface area contributed by atoms with E-state index < -0.39 is 0 Å². The summed E-state index contributed by atoms with van der Waals surface area (Å²) in [6.45, 7) is 0.732. The molecule has 0 amide bonds. The van der Waals surface area contributed by atoms with Gasteiger partial charge in [0.15, 0.2) is 5.78 Å². The molecule has 1 fully saturated rings. The lowest BCUT2D eigenvalue weighted by atomic mass is 9.78. The first kappa shape index (κ1) is 19.7. The van der Waals surface area contributed by atoms with Crippen LogP contribution < -0.4 is 5.73 Å². The third-order valence-electron chi connectivity index (χ3n) is 4.63. The normalized spacial score (nSPS) is 20.4. The van der Waals surface area contributed by atoms with Crippen LogP contribution in [0.2, 0.25) is 0 Å². The number of carbonyl (C=O) groups is 2. The van der Waals surface area contributed by atoms with Gasteiger partial charge in [-0.15, -0.1) is 12.4 Å². The van der Waals surface area contributed by atoms with Gasteiger partial charge in [-0.05, 0) is 50.1 Å². The Bertz CT molecular complexity index is 508. The van der Waals surface area contributed by atoms with Crippen LogP contribution in [0.3, 0.4) is 0 Å². The molecule has 1 aromatic carbocycles. The van der Waals surface area contributed by atoms with E-state index in [9.17, 15) is 9.59 Å². The number of rotatable bonds is 6. The van der Waals surface area contributed by atoms with E-state index in [-0.39, 0.29) is 30.1 Å². The summed E-state index contributed by atoms with van der Waals surface area (Å²) in [6, 6.07) is 7.62. The van der Waals surface area contributed by atoms with E-state index in [0.29, 0.717) is 18.8 Å². The first-order chi connectivity index (χ1) is 10.6. The molecule has 0 saturated heterocycles. The molecule has 0 atom stereocenters. The van der Waals surface area contributed by atoms with Crippen molar-refractivity contribution >= 4 is 24.2 Å². The van der Waals surface area contributed by atoms with Gasteiger partial charge in [-0.3, -0.25) is 9.59 Å². The summed E-state index contributed by atoms with van der Waals surface area (Å²) in [5.41, 5.74) is 7.52. The second-order valence-corrected chi connectivity index (χ2v) is 6.09. The highest BCUT2D eigenvalue weighted by Gasteiger charge is 2.26. The van der Waals surface area contributed by atoms with Crippen molar-refractivity contribution in [3.8, 4) is 0 Å². The van der Waals surface area contributed by atoms with E-state index in [1.165, 1.54) is 7.11 Å². The summed E-state index contributed by atoms with van der Waals surface area (Å²) in [5, 5.41) is 0. The zero-order valence-corrected chi connectivity index (χ0v) is 14.4. The summed E-state index contributed by atoms with van der Waals surface area (Å²) in [7, 11) is 1.39. The van der Waals surface area contributed by atoms with E-state index in [1.807, 2.05) is 24.3 Å². The summed E-state index contributed by atoms with van der Waals surface area (Å²) < 4.78 is 4.63. The fourth-order valence-electron chi connectivity index (χ4n) is 3.08. The molecule has 0 bridgehead atoms. The van der Waals surface area contributed by atoms with Crippen molar-refractivity contribution in [1.29, 1.82) is 0 Å². The van der Waals surface area contributed by atoms with Crippen molar-refractivity contribution < 1.29 is 14.3 Å². The number of benzene rings is 1. The Morgan fingerprint density at radius 1 is 1.13 bits per heavy atom. The van der Waals surface area contributed by atoms with Crippen LogP contribution >= 0.6 is 12.4 Å². The van der Waals surface area contributed by atoms with Crippen LogP contribution in [0.4, 0.5) is 0 Å². The lowest BCUT2D eigenvalue weighted by Gasteiger charge is -2.26. The Labute approximate surface area is 144 Å². The van der Waals surface area contributed by atoms with Crippen molar-refractivity contribution in [1.82, 2.24) is 0 Å². The van der Waals surface area contributed by atoms with Crippen molar-refractivity contribution in [2.45, 2.75) is 38.5 Å². The van der Waals surface area contributed by atoms with Crippen molar-refractivity contribution in [3.63, 3.8) is 0 Å². The second kappa shape index (κ2) is 9.68. The van der Waals surface area contributed by atoms with Crippen LogP contribution in [0.15, 0.2) is 24.3 Å². The molecule has 0 radical (unpaired) electrons. The molecule has 128 valence electrons. The molecule has 4 nitrogen and oxygen atoms in total. The fraction of sp³-hybridized carbons (Fsp3) is 0.556. The molecule has 2 N–H and O–H groups in total. The summed E-state index contributed by atoms with van der Waals surface area (Å²) in [5.74, 6) is 0.764. The van der Waals surface area contributed by atoms with E-state index in [1.54, 1.807) is 0 Å². The standard InChI is InChI=1S/C18H25NO3.ClH/c1-22-17(20)11-6-13-2-7-15(8-3-13)18(21)16-9-4-14(12-19)5-10-16;/h2-3,7-8,14,16H,4-6,9-12,19H2,1H3;1H/t14-,16-;. The van der Waals surface area contributed by atoms with Crippen LogP contribution in [0.1, 0.15) is 48.0 Å². The highest BCUT2D eigenvalue weighted by Crippen LogP contribution is 2.30. The lowest BCUT2D eigenvalue weighted by molar-refractivity contribution is -0.140. The van der Waals surface area contributed by atoms with Crippen LogP contribution in [0.5, 0.6) is 0 Å². The number of hydrogen-bond acceptors (Lipinski definition) is 4. The molecule has 5 heteroatoms. The average molecular weight is 340 g/mol. The molecule has 0 spiro atoms. The lowest BCUT2D eigenvalue weighted by Crippen LogP contribution is -2.25. The molecular formula is C18H26ClNO3. The van der Waals surface area contributed by atoms with Gasteiger partial charge in [-0.1, -0.05) is 24.3 Å². The highest BCUT2D eigenvalue weighted by molar-refractivity contribution is 5.97. The molecule has 0 aromatic heterocycles. The number of methoxy groups -OCH3 is 1. The van der Waals surface area contributed by atoms with E-state index in [0.717, 1.165) is 43.4 Å². The van der Waals surface area contributed by atoms with Crippen LogP contribution in [-0.4, -0.2) is 25.4 Å². The second-order valence-electron chi connectivity index (χ2n) is 6.09. The number of Topliss-reactive ketones (excluding diaryl/α,β-unsaturated/α-hetero) is 1. The van der Waals surface area contributed by atoms with Crippen LogP contribution in [0.25, 0.3) is 0 Å². The Balaban J connectivity index is 0.00000264. The molecular weight excluding hydrogens is 314 g/mol. The Morgan fingerprint density at radius 2 is 1.74 bits per heavy atom.